The van der Waals surface area contributed by atoms with Gasteiger partial charge in [-0.1, -0.05) is 136 Å². The van der Waals surface area contributed by atoms with Crippen molar-refractivity contribution in [3.05, 3.63) is 161 Å². The van der Waals surface area contributed by atoms with E-state index in [9.17, 15) is 0 Å². The monoisotopic (exact) mass is 769 g/mol. The molecule has 0 atom stereocenters. The van der Waals surface area contributed by atoms with Gasteiger partial charge in [0.15, 0.2) is 0 Å². The van der Waals surface area contributed by atoms with Crippen LogP contribution in [0, 0.1) is 0 Å². The van der Waals surface area contributed by atoms with Gasteiger partial charge in [0.2, 0.25) is 0 Å². The molecule has 292 valence electrons. The number of benzene rings is 7. The molecule has 0 aliphatic heterocycles. The van der Waals surface area contributed by atoms with E-state index in [4.69, 9.17) is 8.83 Å². The molecule has 0 radical (unpaired) electrons. The Morgan fingerprint density at radius 1 is 0.441 bits per heavy atom. The molecule has 2 aromatic heterocycles. The molecule has 0 unspecified atom stereocenters. The second kappa shape index (κ2) is 11.8. The van der Waals surface area contributed by atoms with Gasteiger partial charge in [-0.3, -0.25) is 0 Å². The average Bonchev–Trinajstić information content (AvgIpc) is 3.89. The smallest absolute Gasteiger partial charge is 0.139 e. The fourth-order valence-corrected chi connectivity index (χ4v) is 10.4. The van der Waals surface area contributed by atoms with E-state index in [2.05, 4.69) is 202 Å². The quantitative estimate of drug-likeness (QED) is 0.179. The zero-order chi connectivity index (χ0) is 41.0. The molecule has 0 saturated carbocycles. The highest BCUT2D eigenvalue weighted by molar-refractivity contribution is 6.14. The molecule has 9 aromatic rings. The minimum Gasteiger partial charge on any atom is -0.456 e. The summed E-state index contributed by atoms with van der Waals surface area (Å²) in [5.41, 5.74) is 19.8. The van der Waals surface area contributed by atoms with Crippen molar-refractivity contribution in [3.63, 3.8) is 0 Å². The van der Waals surface area contributed by atoms with E-state index in [1.807, 2.05) is 0 Å². The third-order valence-corrected chi connectivity index (χ3v) is 13.7. The Labute approximate surface area is 347 Å². The molecule has 2 aliphatic carbocycles. The van der Waals surface area contributed by atoms with Gasteiger partial charge in [0.25, 0.3) is 0 Å². The van der Waals surface area contributed by atoms with Crippen molar-refractivity contribution in [2.75, 3.05) is 4.90 Å². The maximum atomic E-state index is 6.89. The topological polar surface area (TPSA) is 29.5 Å². The minimum absolute atomic E-state index is 0.0118. The van der Waals surface area contributed by atoms with Crippen LogP contribution in [0.2, 0.25) is 0 Å². The lowest BCUT2D eigenvalue weighted by molar-refractivity contribution is 0.559. The van der Waals surface area contributed by atoms with Crippen LogP contribution in [0.1, 0.15) is 103 Å². The van der Waals surface area contributed by atoms with Crippen LogP contribution < -0.4 is 4.90 Å². The number of hydrogen-bond acceptors (Lipinski definition) is 3. The van der Waals surface area contributed by atoms with Gasteiger partial charge in [-0.15, -0.1) is 0 Å². The SMILES string of the molecule is CC(C)(C)c1cc(C(C)(C)C)c2oc3cc4c(cc3c2c1)C(C)(C)c1cc(N(c2ccc3c(c2)C(C)(C)c2ccccc2-3)c2cccc3oc5ccccc5c23)ccc1-4. The van der Waals surface area contributed by atoms with Crippen molar-refractivity contribution in [3.8, 4) is 22.3 Å². The third kappa shape index (κ3) is 5.06. The van der Waals surface area contributed by atoms with Crippen LogP contribution >= 0.6 is 0 Å². The van der Waals surface area contributed by atoms with Gasteiger partial charge in [0.1, 0.15) is 22.3 Å². The summed E-state index contributed by atoms with van der Waals surface area (Å²) in [4.78, 5) is 2.46. The zero-order valence-electron chi connectivity index (χ0n) is 35.9. The lowest BCUT2D eigenvalue weighted by Gasteiger charge is -2.30. The van der Waals surface area contributed by atoms with Crippen molar-refractivity contribution >= 4 is 60.9 Å². The van der Waals surface area contributed by atoms with Crippen molar-refractivity contribution in [2.45, 2.75) is 90.9 Å². The molecule has 7 aromatic carbocycles. The summed E-state index contributed by atoms with van der Waals surface area (Å²) < 4.78 is 13.4. The number of rotatable bonds is 3. The molecular weight excluding hydrogens is 719 g/mol. The van der Waals surface area contributed by atoms with Gasteiger partial charge in [0, 0.05) is 43.9 Å². The molecule has 3 heteroatoms. The number of hydrogen-bond donors (Lipinski definition) is 0. The van der Waals surface area contributed by atoms with E-state index < -0.39 is 0 Å². The Hall–Kier alpha value is -6.06. The van der Waals surface area contributed by atoms with Crippen LogP contribution in [-0.4, -0.2) is 0 Å². The first-order valence-corrected chi connectivity index (χ1v) is 21.2. The Kier molecular flexibility index (Phi) is 7.20. The third-order valence-electron chi connectivity index (χ3n) is 13.7. The summed E-state index contributed by atoms with van der Waals surface area (Å²) in [5, 5.41) is 4.63. The van der Waals surface area contributed by atoms with Crippen LogP contribution in [0.15, 0.2) is 136 Å². The highest BCUT2D eigenvalue weighted by Crippen LogP contribution is 2.55. The zero-order valence-corrected chi connectivity index (χ0v) is 35.9. The Balaban J connectivity index is 1.12. The number of fused-ring (bicyclic) bond motifs is 12. The highest BCUT2D eigenvalue weighted by Gasteiger charge is 2.39. The van der Waals surface area contributed by atoms with E-state index in [1.165, 1.54) is 66.4 Å². The normalized spacial score (nSPS) is 15.2. The molecule has 3 nitrogen and oxygen atoms in total. The van der Waals surface area contributed by atoms with E-state index in [-0.39, 0.29) is 21.7 Å². The molecule has 0 N–H and O–H groups in total. The van der Waals surface area contributed by atoms with Crippen LogP contribution in [-0.2, 0) is 21.7 Å². The van der Waals surface area contributed by atoms with Crippen molar-refractivity contribution < 1.29 is 8.83 Å². The first kappa shape index (κ1) is 36.1. The standard InChI is InChI=1S/C56H51NO2/c1-53(2,3)32-26-41-40-30-45-39(31-50(40)59-52(41)46(27-32)54(4,5)6)37-25-23-34(29-44(37)56(45,9)10)57(47-19-15-21-49-51(47)38-17-12-14-20-48(38)58-49)33-22-24-36-35-16-11-13-18-42(35)55(7,8)43(36)28-33/h11-31H,1-10H3. The van der Waals surface area contributed by atoms with E-state index in [1.54, 1.807) is 0 Å². The summed E-state index contributed by atoms with van der Waals surface area (Å²) in [6, 6.07) is 47.5. The van der Waals surface area contributed by atoms with Crippen LogP contribution in [0.5, 0.6) is 0 Å². The summed E-state index contributed by atoms with van der Waals surface area (Å²) in [6.07, 6.45) is 0. The number of furan rings is 2. The van der Waals surface area contributed by atoms with Crippen molar-refractivity contribution in [1.29, 1.82) is 0 Å². The average molecular weight is 770 g/mol. The van der Waals surface area contributed by atoms with Gasteiger partial charge < -0.3 is 13.7 Å². The molecule has 0 fully saturated rings. The van der Waals surface area contributed by atoms with Gasteiger partial charge in [0.05, 0.1) is 11.1 Å². The Bertz CT molecular complexity index is 3240. The highest BCUT2D eigenvalue weighted by atomic mass is 16.3. The molecule has 0 saturated heterocycles. The molecule has 0 bridgehead atoms. The molecule has 2 heterocycles. The van der Waals surface area contributed by atoms with E-state index in [0.29, 0.717) is 0 Å². The van der Waals surface area contributed by atoms with Crippen molar-refractivity contribution in [1.82, 2.24) is 0 Å². The Morgan fingerprint density at radius 2 is 1.05 bits per heavy atom. The predicted octanol–water partition coefficient (Wildman–Crippen LogP) is 16.2. The van der Waals surface area contributed by atoms with Gasteiger partial charge in [-0.2, -0.15) is 0 Å². The number of anilines is 3. The molecule has 0 spiro atoms. The fourth-order valence-electron chi connectivity index (χ4n) is 10.4. The second-order valence-corrected chi connectivity index (χ2v) is 20.2. The lowest BCUT2D eigenvalue weighted by atomic mass is 9.79. The molecule has 11 rings (SSSR count). The summed E-state index contributed by atoms with van der Waals surface area (Å²) in [5.74, 6) is 0. The van der Waals surface area contributed by atoms with E-state index in [0.717, 1.165) is 50.2 Å². The summed E-state index contributed by atoms with van der Waals surface area (Å²) in [7, 11) is 0. The molecule has 59 heavy (non-hydrogen) atoms. The Morgan fingerprint density at radius 3 is 1.76 bits per heavy atom. The first-order valence-electron chi connectivity index (χ1n) is 21.2. The summed E-state index contributed by atoms with van der Waals surface area (Å²) in [6.45, 7) is 23.3. The van der Waals surface area contributed by atoms with Crippen molar-refractivity contribution in [2.24, 2.45) is 0 Å². The fraction of sp³-hybridized carbons (Fsp3) is 0.250. The number of nitrogens with zero attached hydrogens (tertiary/aromatic N) is 1. The predicted molar refractivity (Wildman–Crippen MR) is 248 cm³/mol. The second-order valence-electron chi connectivity index (χ2n) is 20.2. The maximum Gasteiger partial charge on any atom is 0.139 e. The van der Waals surface area contributed by atoms with Gasteiger partial charge >= 0.3 is 0 Å². The molecular formula is C56H51NO2. The first-order chi connectivity index (χ1) is 28.0. The largest absolute Gasteiger partial charge is 0.456 e. The van der Waals surface area contributed by atoms with Gasteiger partial charge in [-0.05, 0) is 122 Å². The van der Waals surface area contributed by atoms with Crippen LogP contribution in [0.25, 0.3) is 66.1 Å². The lowest BCUT2D eigenvalue weighted by Crippen LogP contribution is -2.18. The molecule has 2 aliphatic rings. The summed E-state index contributed by atoms with van der Waals surface area (Å²) >= 11 is 0. The van der Waals surface area contributed by atoms with E-state index >= 15 is 0 Å². The number of para-hydroxylation sites is 1. The van der Waals surface area contributed by atoms with Crippen LogP contribution in [0.4, 0.5) is 17.1 Å². The maximum absolute atomic E-state index is 6.89. The molecule has 0 amide bonds. The van der Waals surface area contributed by atoms with Gasteiger partial charge in [-0.25, -0.2) is 0 Å². The van der Waals surface area contributed by atoms with Crippen LogP contribution in [0.3, 0.4) is 0 Å². The minimum atomic E-state index is -0.255.